The van der Waals surface area contributed by atoms with Crippen LogP contribution in [0.25, 0.3) is 11.1 Å². The quantitative estimate of drug-likeness (QED) is 0.717. The fourth-order valence-corrected chi connectivity index (χ4v) is 2.56. The number of hydrogen-bond acceptors (Lipinski definition) is 2. The molecule has 3 rings (SSSR count). The van der Waals surface area contributed by atoms with Gasteiger partial charge in [0.15, 0.2) is 0 Å². The fourth-order valence-electron chi connectivity index (χ4n) is 2.23. The van der Waals surface area contributed by atoms with Crippen molar-refractivity contribution in [1.29, 1.82) is 5.26 Å². The zero-order chi connectivity index (χ0) is 14.7. The van der Waals surface area contributed by atoms with Gasteiger partial charge in [-0.15, -0.1) is 0 Å². The van der Waals surface area contributed by atoms with Crippen molar-refractivity contribution in [3.8, 4) is 17.2 Å². The lowest BCUT2D eigenvalue weighted by Gasteiger charge is -2.06. The first-order valence-electron chi connectivity index (χ1n) is 6.52. The van der Waals surface area contributed by atoms with E-state index in [1.165, 1.54) is 5.56 Å². The summed E-state index contributed by atoms with van der Waals surface area (Å²) < 4.78 is 2.85. The molecule has 0 bridgehead atoms. The summed E-state index contributed by atoms with van der Waals surface area (Å²) in [6, 6.07) is 18.1. The molecule has 1 heterocycles. The van der Waals surface area contributed by atoms with E-state index in [9.17, 15) is 0 Å². The van der Waals surface area contributed by atoms with Crippen molar-refractivity contribution < 1.29 is 0 Å². The molecule has 102 valence electrons. The Hall–Kier alpha value is -2.38. The number of nitriles is 1. The maximum Gasteiger partial charge on any atom is 0.0998 e. The van der Waals surface area contributed by atoms with Gasteiger partial charge in [-0.05, 0) is 38.7 Å². The minimum absolute atomic E-state index is 0.696. The Bertz CT molecular complexity index is 797. The maximum absolute atomic E-state index is 9.17. The largest absolute Gasteiger partial charge is 0.267 e. The van der Waals surface area contributed by atoms with Crippen molar-refractivity contribution in [2.24, 2.45) is 0 Å². The van der Waals surface area contributed by atoms with Crippen molar-refractivity contribution in [2.45, 2.75) is 6.54 Å². The third-order valence-electron chi connectivity index (χ3n) is 3.26. The molecule has 0 aliphatic carbocycles. The average molecular weight is 338 g/mol. The Morgan fingerprint density at radius 3 is 2.52 bits per heavy atom. The number of halogens is 1. The summed E-state index contributed by atoms with van der Waals surface area (Å²) in [5.41, 5.74) is 3.89. The Balaban J connectivity index is 1.86. The highest BCUT2D eigenvalue weighted by molar-refractivity contribution is 9.10. The van der Waals surface area contributed by atoms with Gasteiger partial charge in [0.25, 0.3) is 0 Å². The predicted octanol–water partition coefficient (Wildman–Crippen LogP) is 4.23. The van der Waals surface area contributed by atoms with Gasteiger partial charge in [0.2, 0.25) is 0 Å². The monoisotopic (exact) mass is 337 g/mol. The summed E-state index contributed by atoms with van der Waals surface area (Å²) >= 11 is 3.39. The maximum atomic E-state index is 9.17. The van der Waals surface area contributed by atoms with Gasteiger partial charge in [-0.3, -0.25) is 4.68 Å². The molecule has 0 atom stereocenters. The highest BCUT2D eigenvalue weighted by Gasteiger charge is 2.04. The highest BCUT2D eigenvalue weighted by atomic mass is 79.9. The molecule has 0 spiro atoms. The summed E-state index contributed by atoms with van der Waals surface area (Å²) in [4.78, 5) is 0. The number of hydrogen-bond donors (Lipinski definition) is 0. The molecule has 1 aromatic heterocycles. The lowest BCUT2D eigenvalue weighted by molar-refractivity contribution is 0.687. The Labute approximate surface area is 131 Å². The molecule has 2 aromatic carbocycles. The summed E-state index contributed by atoms with van der Waals surface area (Å²) in [5, 5.41) is 13.4. The van der Waals surface area contributed by atoms with Crippen LogP contribution in [0.15, 0.2) is 65.4 Å². The molecule has 21 heavy (non-hydrogen) atoms. The van der Waals surface area contributed by atoms with Crippen LogP contribution in [-0.2, 0) is 6.54 Å². The van der Waals surface area contributed by atoms with Crippen LogP contribution in [0.5, 0.6) is 0 Å². The van der Waals surface area contributed by atoms with E-state index in [2.05, 4.69) is 39.2 Å². The molecule has 0 radical (unpaired) electrons. The second-order valence-electron chi connectivity index (χ2n) is 4.71. The van der Waals surface area contributed by atoms with Crippen LogP contribution in [0.3, 0.4) is 0 Å². The molecular weight excluding hydrogens is 326 g/mol. The summed E-state index contributed by atoms with van der Waals surface area (Å²) in [6.07, 6.45) is 3.72. The minimum Gasteiger partial charge on any atom is -0.267 e. The third-order valence-corrected chi connectivity index (χ3v) is 3.67. The highest BCUT2D eigenvalue weighted by Crippen LogP contribution is 2.23. The number of nitrogens with zero attached hydrogens (tertiary/aromatic N) is 3. The molecule has 0 fully saturated rings. The predicted molar refractivity (Wildman–Crippen MR) is 85.6 cm³/mol. The summed E-state index contributed by atoms with van der Waals surface area (Å²) in [7, 11) is 0. The Morgan fingerprint density at radius 1 is 1.10 bits per heavy atom. The van der Waals surface area contributed by atoms with Gasteiger partial charge in [0, 0.05) is 6.20 Å². The standard InChI is InChI=1S/C17H12BrN3/c18-16-10-20-21(12-16)11-13-5-7-14(8-6-13)17-4-2-1-3-15(17)9-19/h1-8,10,12H,11H2. The Kier molecular flexibility index (Phi) is 3.85. The third kappa shape index (κ3) is 3.04. The van der Waals surface area contributed by atoms with Crippen molar-refractivity contribution >= 4 is 15.9 Å². The van der Waals surface area contributed by atoms with Crippen molar-refractivity contribution in [3.63, 3.8) is 0 Å². The smallest absolute Gasteiger partial charge is 0.0998 e. The van der Waals surface area contributed by atoms with Crippen LogP contribution in [0.4, 0.5) is 0 Å². The van der Waals surface area contributed by atoms with Crippen LogP contribution >= 0.6 is 15.9 Å². The lowest BCUT2D eigenvalue weighted by atomic mass is 9.99. The molecule has 3 aromatic rings. The van der Waals surface area contributed by atoms with Gasteiger partial charge >= 0.3 is 0 Å². The van der Waals surface area contributed by atoms with Gasteiger partial charge in [-0.25, -0.2) is 0 Å². The zero-order valence-electron chi connectivity index (χ0n) is 11.2. The minimum atomic E-state index is 0.696. The van der Waals surface area contributed by atoms with Crippen LogP contribution < -0.4 is 0 Å². The van der Waals surface area contributed by atoms with Gasteiger partial charge < -0.3 is 0 Å². The van der Waals surface area contributed by atoms with E-state index >= 15 is 0 Å². The molecule has 4 heteroatoms. The van der Waals surface area contributed by atoms with Crippen LogP contribution in [-0.4, -0.2) is 9.78 Å². The molecule has 0 saturated carbocycles. The Morgan fingerprint density at radius 2 is 1.86 bits per heavy atom. The summed E-state index contributed by atoms with van der Waals surface area (Å²) in [6.45, 7) is 0.728. The van der Waals surface area contributed by atoms with Crippen molar-refractivity contribution in [2.75, 3.05) is 0 Å². The number of rotatable bonds is 3. The van der Waals surface area contributed by atoms with E-state index < -0.39 is 0 Å². The van der Waals surface area contributed by atoms with E-state index in [0.29, 0.717) is 5.56 Å². The van der Waals surface area contributed by atoms with E-state index in [-0.39, 0.29) is 0 Å². The lowest BCUT2D eigenvalue weighted by Crippen LogP contribution is -1.99. The SMILES string of the molecule is N#Cc1ccccc1-c1ccc(Cn2cc(Br)cn2)cc1. The van der Waals surface area contributed by atoms with Crippen LogP contribution in [0.2, 0.25) is 0 Å². The van der Waals surface area contributed by atoms with Gasteiger partial charge in [-0.1, -0.05) is 42.5 Å². The first kappa shape index (κ1) is 13.6. The second kappa shape index (κ2) is 5.94. The summed E-state index contributed by atoms with van der Waals surface area (Å²) in [5.74, 6) is 0. The number of benzene rings is 2. The van der Waals surface area contributed by atoms with Crippen LogP contribution in [0.1, 0.15) is 11.1 Å². The van der Waals surface area contributed by atoms with E-state index in [1.807, 2.05) is 47.3 Å². The number of aromatic nitrogens is 2. The van der Waals surface area contributed by atoms with Crippen molar-refractivity contribution in [3.05, 3.63) is 76.5 Å². The fraction of sp³-hybridized carbons (Fsp3) is 0.0588. The molecule has 0 aliphatic heterocycles. The first-order chi connectivity index (χ1) is 10.3. The van der Waals surface area contributed by atoms with E-state index in [4.69, 9.17) is 5.26 Å². The topological polar surface area (TPSA) is 41.6 Å². The van der Waals surface area contributed by atoms with Gasteiger partial charge in [0.1, 0.15) is 0 Å². The van der Waals surface area contributed by atoms with Gasteiger partial charge in [-0.2, -0.15) is 10.4 Å². The molecule has 3 nitrogen and oxygen atoms in total. The van der Waals surface area contributed by atoms with Gasteiger partial charge in [0.05, 0.1) is 28.8 Å². The first-order valence-corrected chi connectivity index (χ1v) is 7.32. The van der Waals surface area contributed by atoms with E-state index in [0.717, 1.165) is 22.1 Å². The molecule has 0 N–H and O–H groups in total. The van der Waals surface area contributed by atoms with Crippen LogP contribution in [0, 0.1) is 11.3 Å². The second-order valence-corrected chi connectivity index (χ2v) is 5.63. The average Bonchev–Trinajstić information content (AvgIpc) is 2.93. The zero-order valence-corrected chi connectivity index (χ0v) is 12.8. The van der Waals surface area contributed by atoms with Crippen molar-refractivity contribution in [1.82, 2.24) is 9.78 Å². The molecular formula is C17H12BrN3. The van der Waals surface area contributed by atoms with E-state index in [1.54, 1.807) is 6.20 Å². The normalized spacial score (nSPS) is 10.3. The molecule has 0 amide bonds. The molecule has 0 unspecified atom stereocenters. The molecule has 0 aliphatic rings. The molecule has 0 saturated heterocycles.